The van der Waals surface area contributed by atoms with Crippen LogP contribution in [0, 0.1) is 0 Å². The van der Waals surface area contributed by atoms with Crippen molar-refractivity contribution in [2.24, 2.45) is 0 Å². The molecule has 5 heteroatoms. The largest absolute Gasteiger partial charge is 0.497 e. The van der Waals surface area contributed by atoms with Crippen LogP contribution in [0.25, 0.3) is 0 Å². The number of benzene rings is 2. The van der Waals surface area contributed by atoms with Crippen LogP contribution in [0.5, 0.6) is 11.5 Å². The van der Waals surface area contributed by atoms with Crippen LogP contribution >= 0.6 is 0 Å². The molecule has 0 bridgehead atoms. The third kappa shape index (κ3) is 7.98. The van der Waals surface area contributed by atoms with Crippen LogP contribution in [0.3, 0.4) is 0 Å². The molecule has 156 valence electrons. The molecular formula is C24H30O5. The number of unbranched alkanes of at least 4 members (excludes halogenated alkanes) is 6. The molecule has 0 aromatic heterocycles. The highest BCUT2D eigenvalue weighted by atomic mass is 16.5. The lowest BCUT2D eigenvalue weighted by Crippen LogP contribution is -2.10. The first-order valence-corrected chi connectivity index (χ1v) is 10.3. The summed E-state index contributed by atoms with van der Waals surface area (Å²) in [6.45, 7) is 2.63. The molecule has 0 radical (unpaired) electrons. The topological polar surface area (TPSA) is 61.8 Å². The highest BCUT2D eigenvalue weighted by Crippen LogP contribution is 2.20. The smallest absolute Gasteiger partial charge is 0.343 e. The minimum atomic E-state index is -0.499. The maximum absolute atomic E-state index is 12.3. The summed E-state index contributed by atoms with van der Waals surface area (Å²) < 4.78 is 15.8. The summed E-state index contributed by atoms with van der Waals surface area (Å²) in [6.07, 6.45) is 8.20. The van der Waals surface area contributed by atoms with Crippen molar-refractivity contribution >= 4 is 11.9 Å². The van der Waals surface area contributed by atoms with E-state index in [1.54, 1.807) is 55.6 Å². The molecule has 0 N–H and O–H groups in total. The van der Waals surface area contributed by atoms with Gasteiger partial charge in [0.2, 0.25) is 0 Å². The summed E-state index contributed by atoms with van der Waals surface area (Å²) in [4.78, 5) is 24.4. The van der Waals surface area contributed by atoms with Gasteiger partial charge in [-0.15, -0.1) is 0 Å². The van der Waals surface area contributed by atoms with E-state index in [0.717, 1.165) is 12.8 Å². The van der Waals surface area contributed by atoms with E-state index in [0.29, 0.717) is 29.2 Å². The Balaban J connectivity index is 1.75. The molecular weight excluding hydrogens is 368 g/mol. The lowest BCUT2D eigenvalue weighted by Gasteiger charge is -2.07. The minimum absolute atomic E-state index is 0.358. The van der Waals surface area contributed by atoms with Crippen molar-refractivity contribution in [2.45, 2.75) is 51.9 Å². The monoisotopic (exact) mass is 398 g/mol. The Bertz CT molecular complexity index is 767. The first-order chi connectivity index (χ1) is 14.1. The first-order valence-electron chi connectivity index (χ1n) is 10.3. The van der Waals surface area contributed by atoms with Crippen LogP contribution in [0.1, 0.15) is 72.6 Å². The van der Waals surface area contributed by atoms with Crippen molar-refractivity contribution < 1.29 is 23.8 Å². The first kappa shape index (κ1) is 22.5. The van der Waals surface area contributed by atoms with E-state index in [1.165, 1.54) is 32.1 Å². The molecule has 0 spiro atoms. The summed E-state index contributed by atoms with van der Waals surface area (Å²) >= 11 is 0. The molecule has 0 aliphatic rings. The van der Waals surface area contributed by atoms with Gasteiger partial charge < -0.3 is 14.2 Å². The number of methoxy groups -OCH3 is 1. The molecule has 0 fully saturated rings. The molecule has 29 heavy (non-hydrogen) atoms. The Labute approximate surface area is 173 Å². The molecule has 0 atom stereocenters. The standard InChI is InChI=1S/C24H30O5/c1-3-4-5-6-7-8-9-17-28-23(25)19-13-15-20(16-14-19)24(26)29-22-12-10-11-21(18-22)27-2/h10-16,18H,3-9,17H2,1-2H3. The second-order valence-corrected chi connectivity index (χ2v) is 6.90. The van der Waals surface area contributed by atoms with Crippen molar-refractivity contribution in [2.75, 3.05) is 13.7 Å². The third-order valence-corrected chi connectivity index (χ3v) is 4.59. The third-order valence-electron chi connectivity index (χ3n) is 4.59. The number of hydrogen-bond acceptors (Lipinski definition) is 5. The average molecular weight is 398 g/mol. The van der Waals surface area contributed by atoms with Gasteiger partial charge >= 0.3 is 11.9 Å². The summed E-state index contributed by atoms with van der Waals surface area (Å²) in [5, 5.41) is 0. The van der Waals surface area contributed by atoms with Crippen LogP contribution in [0.4, 0.5) is 0 Å². The Morgan fingerprint density at radius 3 is 2.00 bits per heavy atom. The van der Waals surface area contributed by atoms with E-state index in [4.69, 9.17) is 14.2 Å². The summed E-state index contributed by atoms with van der Waals surface area (Å²) in [5.41, 5.74) is 0.780. The average Bonchev–Trinajstić information content (AvgIpc) is 2.75. The second-order valence-electron chi connectivity index (χ2n) is 6.90. The summed E-state index contributed by atoms with van der Waals surface area (Å²) in [6, 6.07) is 13.1. The lowest BCUT2D eigenvalue weighted by molar-refractivity contribution is 0.0497. The van der Waals surface area contributed by atoms with Crippen LogP contribution in [0.2, 0.25) is 0 Å². The summed E-state index contributed by atoms with van der Waals surface area (Å²) in [7, 11) is 1.55. The van der Waals surface area contributed by atoms with Crippen LogP contribution in [-0.4, -0.2) is 25.7 Å². The van der Waals surface area contributed by atoms with E-state index in [2.05, 4.69) is 6.92 Å². The van der Waals surface area contributed by atoms with Crippen molar-refractivity contribution in [1.29, 1.82) is 0 Å². The van der Waals surface area contributed by atoms with Crippen LogP contribution in [-0.2, 0) is 4.74 Å². The fourth-order valence-electron chi connectivity index (χ4n) is 2.88. The van der Waals surface area contributed by atoms with Crippen molar-refractivity contribution in [3.05, 3.63) is 59.7 Å². The minimum Gasteiger partial charge on any atom is -0.497 e. The number of carbonyl (C=O) groups is 2. The highest BCUT2D eigenvalue weighted by molar-refractivity contribution is 5.94. The van der Waals surface area contributed by atoms with Crippen LogP contribution in [0.15, 0.2) is 48.5 Å². The zero-order valence-corrected chi connectivity index (χ0v) is 17.3. The van der Waals surface area contributed by atoms with Gasteiger partial charge in [0.25, 0.3) is 0 Å². The van der Waals surface area contributed by atoms with Gasteiger partial charge in [0, 0.05) is 6.07 Å². The van der Waals surface area contributed by atoms with E-state index in [-0.39, 0.29) is 5.97 Å². The van der Waals surface area contributed by atoms with E-state index < -0.39 is 5.97 Å². The number of ether oxygens (including phenoxy) is 3. The Morgan fingerprint density at radius 2 is 1.34 bits per heavy atom. The van der Waals surface area contributed by atoms with Gasteiger partial charge in [-0.25, -0.2) is 9.59 Å². The van der Waals surface area contributed by atoms with Gasteiger partial charge in [-0.2, -0.15) is 0 Å². The molecule has 0 heterocycles. The highest BCUT2D eigenvalue weighted by Gasteiger charge is 2.12. The second kappa shape index (κ2) is 12.6. The van der Waals surface area contributed by atoms with Crippen molar-refractivity contribution in [3.8, 4) is 11.5 Å². The van der Waals surface area contributed by atoms with Crippen molar-refractivity contribution in [1.82, 2.24) is 0 Å². The van der Waals surface area contributed by atoms with Crippen LogP contribution < -0.4 is 9.47 Å². The Hall–Kier alpha value is -2.82. The number of esters is 2. The van der Waals surface area contributed by atoms with Gasteiger partial charge in [-0.3, -0.25) is 0 Å². The van der Waals surface area contributed by atoms with Gasteiger partial charge in [0.15, 0.2) is 0 Å². The van der Waals surface area contributed by atoms with E-state index >= 15 is 0 Å². The normalized spacial score (nSPS) is 10.4. The number of hydrogen-bond donors (Lipinski definition) is 0. The van der Waals surface area contributed by atoms with E-state index in [1.807, 2.05) is 0 Å². The summed E-state index contributed by atoms with van der Waals surface area (Å²) in [5.74, 6) is 0.131. The molecule has 0 saturated carbocycles. The fraction of sp³-hybridized carbons (Fsp3) is 0.417. The van der Waals surface area contributed by atoms with Gasteiger partial charge in [-0.1, -0.05) is 51.5 Å². The molecule has 0 saturated heterocycles. The molecule has 0 aliphatic carbocycles. The van der Waals surface area contributed by atoms with Gasteiger partial charge in [0.1, 0.15) is 11.5 Å². The predicted octanol–water partition coefficient (Wildman–Crippen LogP) is 5.82. The molecule has 5 nitrogen and oxygen atoms in total. The fourth-order valence-corrected chi connectivity index (χ4v) is 2.88. The Kier molecular flexibility index (Phi) is 9.76. The molecule has 2 rings (SSSR count). The predicted molar refractivity (Wildman–Crippen MR) is 113 cm³/mol. The van der Waals surface area contributed by atoms with Gasteiger partial charge in [-0.05, 0) is 42.8 Å². The molecule has 2 aromatic carbocycles. The molecule has 0 unspecified atom stereocenters. The molecule has 0 aliphatic heterocycles. The number of rotatable bonds is 12. The maximum atomic E-state index is 12.3. The quantitative estimate of drug-likeness (QED) is 0.256. The zero-order chi connectivity index (χ0) is 20.9. The van der Waals surface area contributed by atoms with E-state index in [9.17, 15) is 9.59 Å². The maximum Gasteiger partial charge on any atom is 0.343 e. The van der Waals surface area contributed by atoms with Crippen molar-refractivity contribution in [3.63, 3.8) is 0 Å². The lowest BCUT2D eigenvalue weighted by atomic mass is 10.1. The van der Waals surface area contributed by atoms with Gasteiger partial charge in [0.05, 0.1) is 24.8 Å². The molecule has 2 aromatic rings. The SMILES string of the molecule is CCCCCCCCCOC(=O)c1ccc(C(=O)Oc2cccc(OC)c2)cc1. The number of carbonyl (C=O) groups excluding carboxylic acids is 2. The molecule has 0 amide bonds. The Morgan fingerprint density at radius 1 is 0.759 bits per heavy atom. The zero-order valence-electron chi connectivity index (χ0n) is 17.3.